The number of carbonyl (C=O) groups excluding carboxylic acids is 1. The van der Waals surface area contributed by atoms with Crippen molar-refractivity contribution in [1.82, 2.24) is 0 Å². The normalized spacial score (nSPS) is 16.9. The van der Waals surface area contributed by atoms with Gasteiger partial charge in [0.05, 0.1) is 5.56 Å². The second kappa shape index (κ2) is 5.32. The first-order valence-corrected chi connectivity index (χ1v) is 7.10. The third kappa shape index (κ3) is 2.56. The standard InChI is InChI=1S/C18H17FO2/c1-11-6-7-16(18-15(20)8-12(2)17(11)18)21-10-13-4-3-5-14(19)9-13/h3-7,9,12H,8,10H2,1-2H3. The summed E-state index contributed by atoms with van der Waals surface area (Å²) in [7, 11) is 0. The van der Waals surface area contributed by atoms with E-state index in [1.807, 2.05) is 25.1 Å². The molecule has 0 aliphatic heterocycles. The van der Waals surface area contributed by atoms with Crippen molar-refractivity contribution in [2.75, 3.05) is 0 Å². The van der Waals surface area contributed by atoms with Gasteiger partial charge in [-0.15, -0.1) is 0 Å². The second-order valence-corrected chi connectivity index (χ2v) is 5.62. The number of rotatable bonds is 3. The maximum atomic E-state index is 13.2. The summed E-state index contributed by atoms with van der Waals surface area (Å²) in [6.45, 7) is 4.34. The first kappa shape index (κ1) is 13.8. The van der Waals surface area contributed by atoms with E-state index in [0.717, 1.165) is 16.7 Å². The molecule has 108 valence electrons. The minimum atomic E-state index is -0.282. The maximum Gasteiger partial charge on any atom is 0.167 e. The summed E-state index contributed by atoms with van der Waals surface area (Å²) in [5.74, 6) is 0.699. The van der Waals surface area contributed by atoms with Crippen molar-refractivity contribution in [1.29, 1.82) is 0 Å². The summed E-state index contributed by atoms with van der Waals surface area (Å²) >= 11 is 0. The van der Waals surface area contributed by atoms with Crippen LogP contribution in [-0.2, 0) is 6.61 Å². The summed E-state index contributed by atoms with van der Waals surface area (Å²) in [6, 6.07) is 10.1. The minimum Gasteiger partial charge on any atom is -0.488 e. The number of halogens is 1. The van der Waals surface area contributed by atoms with Crippen molar-refractivity contribution in [2.45, 2.75) is 32.8 Å². The Labute approximate surface area is 123 Å². The lowest BCUT2D eigenvalue weighted by Gasteiger charge is -2.13. The Balaban J connectivity index is 1.89. The van der Waals surface area contributed by atoms with Gasteiger partial charge in [-0.25, -0.2) is 4.39 Å². The molecule has 0 saturated carbocycles. The first-order valence-electron chi connectivity index (χ1n) is 7.10. The number of carbonyl (C=O) groups is 1. The van der Waals surface area contributed by atoms with Crippen LogP contribution >= 0.6 is 0 Å². The molecule has 2 nitrogen and oxygen atoms in total. The van der Waals surface area contributed by atoms with E-state index in [-0.39, 0.29) is 24.1 Å². The van der Waals surface area contributed by atoms with E-state index in [4.69, 9.17) is 4.74 Å². The molecule has 1 atom stereocenters. The lowest BCUT2D eigenvalue weighted by molar-refractivity contribution is 0.0986. The number of fused-ring (bicyclic) bond motifs is 1. The van der Waals surface area contributed by atoms with Gasteiger partial charge in [0, 0.05) is 6.42 Å². The van der Waals surface area contributed by atoms with Crippen molar-refractivity contribution in [3.05, 3.63) is 64.5 Å². The molecule has 1 unspecified atom stereocenters. The molecule has 3 rings (SSSR count). The largest absolute Gasteiger partial charge is 0.488 e. The van der Waals surface area contributed by atoms with Crippen molar-refractivity contribution in [2.24, 2.45) is 0 Å². The Bertz CT molecular complexity index is 706. The molecule has 3 heteroatoms. The first-order chi connectivity index (χ1) is 10.1. The minimum absolute atomic E-state index is 0.135. The van der Waals surface area contributed by atoms with E-state index in [2.05, 4.69) is 6.92 Å². The zero-order chi connectivity index (χ0) is 15.0. The lowest BCUT2D eigenvalue weighted by Crippen LogP contribution is -2.02. The van der Waals surface area contributed by atoms with Gasteiger partial charge in [-0.05, 0) is 47.7 Å². The van der Waals surface area contributed by atoms with Crippen molar-refractivity contribution in [3.63, 3.8) is 0 Å². The molecule has 0 N–H and O–H groups in total. The van der Waals surface area contributed by atoms with E-state index >= 15 is 0 Å². The predicted octanol–water partition coefficient (Wildman–Crippen LogP) is 4.40. The van der Waals surface area contributed by atoms with E-state index < -0.39 is 0 Å². The van der Waals surface area contributed by atoms with Crippen LogP contribution in [0.15, 0.2) is 36.4 Å². The molecule has 21 heavy (non-hydrogen) atoms. The van der Waals surface area contributed by atoms with E-state index in [1.165, 1.54) is 12.1 Å². The van der Waals surface area contributed by atoms with Crippen LogP contribution in [0.25, 0.3) is 0 Å². The number of hydrogen-bond donors (Lipinski definition) is 0. The average Bonchev–Trinajstić information content (AvgIpc) is 2.75. The van der Waals surface area contributed by atoms with Crippen LogP contribution in [0.3, 0.4) is 0 Å². The molecule has 2 aromatic carbocycles. The van der Waals surface area contributed by atoms with Gasteiger partial charge in [0.2, 0.25) is 0 Å². The summed E-state index contributed by atoms with van der Waals surface area (Å²) in [5.41, 5.74) is 3.68. The number of ketones is 1. The Morgan fingerprint density at radius 1 is 1.29 bits per heavy atom. The van der Waals surface area contributed by atoms with Crippen LogP contribution in [0.2, 0.25) is 0 Å². The molecule has 0 aromatic heterocycles. The van der Waals surface area contributed by atoms with Crippen LogP contribution < -0.4 is 4.74 Å². The van der Waals surface area contributed by atoms with E-state index in [9.17, 15) is 9.18 Å². The number of ether oxygens (including phenoxy) is 1. The Morgan fingerprint density at radius 2 is 2.10 bits per heavy atom. The fraction of sp³-hybridized carbons (Fsp3) is 0.278. The van der Waals surface area contributed by atoms with Gasteiger partial charge in [0.1, 0.15) is 18.2 Å². The van der Waals surface area contributed by atoms with Gasteiger partial charge in [-0.2, -0.15) is 0 Å². The topological polar surface area (TPSA) is 26.3 Å². The lowest BCUT2D eigenvalue weighted by atomic mass is 9.97. The van der Waals surface area contributed by atoms with Gasteiger partial charge in [0.15, 0.2) is 5.78 Å². The molecule has 0 bridgehead atoms. The molecule has 0 amide bonds. The molecular formula is C18H17FO2. The van der Waals surface area contributed by atoms with Gasteiger partial charge in [-0.1, -0.05) is 25.1 Å². The summed E-state index contributed by atoms with van der Waals surface area (Å²) in [6.07, 6.45) is 0.538. The van der Waals surface area contributed by atoms with E-state index in [0.29, 0.717) is 17.7 Å². The van der Waals surface area contributed by atoms with Gasteiger partial charge < -0.3 is 4.74 Å². The van der Waals surface area contributed by atoms with Crippen LogP contribution in [0.1, 0.15) is 46.3 Å². The van der Waals surface area contributed by atoms with Crippen molar-refractivity contribution in [3.8, 4) is 5.75 Å². The predicted molar refractivity (Wildman–Crippen MR) is 79.3 cm³/mol. The molecule has 0 spiro atoms. The zero-order valence-electron chi connectivity index (χ0n) is 12.2. The molecule has 0 saturated heterocycles. The quantitative estimate of drug-likeness (QED) is 0.835. The third-order valence-corrected chi connectivity index (χ3v) is 3.97. The highest BCUT2D eigenvalue weighted by Gasteiger charge is 2.30. The summed E-state index contributed by atoms with van der Waals surface area (Å²) in [5, 5.41) is 0. The highest BCUT2D eigenvalue weighted by Crippen LogP contribution is 2.40. The molecule has 0 radical (unpaired) electrons. The van der Waals surface area contributed by atoms with Gasteiger partial charge in [0.25, 0.3) is 0 Å². The highest BCUT2D eigenvalue weighted by atomic mass is 19.1. The van der Waals surface area contributed by atoms with Crippen molar-refractivity contribution >= 4 is 5.78 Å². The number of benzene rings is 2. The molecule has 0 fully saturated rings. The summed E-state index contributed by atoms with van der Waals surface area (Å²) in [4.78, 5) is 12.2. The fourth-order valence-electron chi connectivity index (χ4n) is 3.02. The fourth-order valence-corrected chi connectivity index (χ4v) is 3.02. The molecule has 1 aliphatic rings. The zero-order valence-corrected chi connectivity index (χ0v) is 12.2. The maximum absolute atomic E-state index is 13.2. The number of aryl methyl sites for hydroxylation is 1. The van der Waals surface area contributed by atoms with Gasteiger partial charge >= 0.3 is 0 Å². The summed E-state index contributed by atoms with van der Waals surface area (Å²) < 4.78 is 18.9. The Morgan fingerprint density at radius 3 is 2.86 bits per heavy atom. The SMILES string of the molecule is Cc1ccc(OCc2cccc(F)c2)c2c1C(C)CC2=O. The Hall–Kier alpha value is -2.16. The number of Topliss-reactive ketones (excluding diaryl/α,β-unsaturated/α-hetero) is 1. The van der Waals surface area contributed by atoms with Crippen LogP contribution in [0, 0.1) is 12.7 Å². The Kier molecular flexibility index (Phi) is 3.50. The van der Waals surface area contributed by atoms with Crippen molar-refractivity contribution < 1.29 is 13.9 Å². The van der Waals surface area contributed by atoms with Crippen LogP contribution in [0.4, 0.5) is 4.39 Å². The highest BCUT2D eigenvalue weighted by molar-refractivity contribution is 6.04. The number of hydrogen-bond acceptors (Lipinski definition) is 2. The molecular weight excluding hydrogens is 267 g/mol. The van der Waals surface area contributed by atoms with Gasteiger partial charge in [-0.3, -0.25) is 4.79 Å². The smallest absolute Gasteiger partial charge is 0.167 e. The second-order valence-electron chi connectivity index (χ2n) is 5.62. The van der Waals surface area contributed by atoms with Crippen LogP contribution in [0.5, 0.6) is 5.75 Å². The molecule has 1 aliphatic carbocycles. The molecule has 2 aromatic rings. The monoisotopic (exact) mass is 284 g/mol. The molecule has 0 heterocycles. The third-order valence-electron chi connectivity index (χ3n) is 3.97. The average molecular weight is 284 g/mol. The van der Waals surface area contributed by atoms with Crippen LogP contribution in [-0.4, -0.2) is 5.78 Å². The van der Waals surface area contributed by atoms with E-state index in [1.54, 1.807) is 6.07 Å².